The van der Waals surface area contributed by atoms with E-state index < -0.39 is 0 Å². The maximum Gasteiger partial charge on any atom is 0.0661 e. The van der Waals surface area contributed by atoms with Gasteiger partial charge in [-0.3, -0.25) is 4.99 Å². The third-order valence-corrected chi connectivity index (χ3v) is 1.98. The van der Waals surface area contributed by atoms with E-state index in [1.807, 2.05) is 24.4 Å². The monoisotopic (exact) mass is 157 g/mol. The molecule has 1 heteroatoms. The summed E-state index contributed by atoms with van der Waals surface area (Å²) in [5.41, 5.74) is 2.49. The summed E-state index contributed by atoms with van der Waals surface area (Å²) in [5, 5.41) is 0. The summed E-state index contributed by atoms with van der Waals surface area (Å²) in [5.74, 6) is 0. The second-order valence-electron chi connectivity index (χ2n) is 3.01. The van der Waals surface area contributed by atoms with E-state index in [9.17, 15) is 0 Å². The standard InChI is InChI=1S/C11H11N/c1-9-7-11(8-12-9)10-5-3-2-4-6-10/h2-9H,1H3. The van der Waals surface area contributed by atoms with Crippen molar-refractivity contribution in [2.45, 2.75) is 13.0 Å². The van der Waals surface area contributed by atoms with Crippen LogP contribution in [0, 0.1) is 0 Å². The minimum atomic E-state index is 0.347. The van der Waals surface area contributed by atoms with Crippen LogP contribution in [0.15, 0.2) is 41.4 Å². The molecule has 1 aromatic carbocycles. The molecule has 1 nitrogen and oxygen atoms in total. The zero-order valence-electron chi connectivity index (χ0n) is 7.07. The van der Waals surface area contributed by atoms with Gasteiger partial charge in [-0.1, -0.05) is 36.4 Å². The van der Waals surface area contributed by atoms with Crippen LogP contribution in [0.5, 0.6) is 0 Å². The number of nitrogens with zero attached hydrogens (tertiary/aromatic N) is 1. The van der Waals surface area contributed by atoms with E-state index in [4.69, 9.17) is 0 Å². The number of allylic oxidation sites excluding steroid dienone is 1. The largest absolute Gasteiger partial charge is 0.285 e. The van der Waals surface area contributed by atoms with Gasteiger partial charge in [0, 0.05) is 6.21 Å². The van der Waals surface area contributed by atoms with Crippen molar-refractivity contribution in [3.8, 4) is 0 Å². The molecule has 1 aromatic rings. The molecule has 0 N–H and O–H groups in total. The molecule has 0 aromatic heterocycles. The van der Waals surface area contributed by atoms with Crippen LogP contribution in [-0.2, 0) is 0 Å². The van der Waals surface area contributed by atoms with Gasteiger partial charge in [-0.25, -0.2) is 0 Å². The highest BCUT2D eigenvalue weighted by atomic mass is 14.8. The first-order chi connectivity index (χ1) is 5.86. The fourth-order valence-electron chi connectivity index (χ4n) is 1.35. The van der Waals surface area contributed by atoms with Crippen LogP contribution in [0.4, 0.5) is 0 Å². The lowest BCUT2D eigenvalue weighted by atomic mass is 10.1. The van der Waals surface area contributed by atoms with Crippen LogP contribution < -0.4 is 0 Å². The van der Waals surface area contributed by atoms with Gasteiger partial charge < -0.3 is 0 Å². The van der Waals surface area contributed by atoms with Crippen molar-refractivity contribution in [3.63, 3.8) is 0 Å². The fraction of sp³-hybridized carbons (Fsp3) is 0.182. The Hall–Kier alpha value is -1.37. The third kappa shape index (κ3) is 1.30. The van der Waals surface area contributed by atoms with E-state index in [0.29, 0.717) is 6.04 Å². The lowest BCUT2D eigenvalue weighted by molar-refractivity contribution is 0.951. The summed E-state index contributed by atoms with van der Waals surface area (Å²) >= 11 is 0. The Morgan fingerprint density at radius 1 is 1.17 bits per heavy atom. The van der Waals surface area contributed by atoms with E-state index in [0.717, 1.165) is 0 Å². The van der Waals surface area contributed by atoms with Crippen molar-refractivity contribution in [3.05, 3.63) is 42.0 Å². The van der Waals surface area contributed by atoms with Crippen molar-refractivity contribution < 1.29 is 0 Å². The molecule has 0 saturated heterocycles. The predicted molar refractivity (Wildman–Crippen MR) is 52.4 cm³/mol. The summed E-state index contributed by atoms with van der Waals surface area (Å²) in [6.45, 7) is 2.09. The molecule has 1 unspecified atom stereocenters. The minimum Gasteiger partial charge on any atom is -0.285 e. The fourth-order valence-corrected chi connectivity index (χ4v) is 1.35. The van der Waals surface area contributed by atoms with Crippen LogP contribution >= 0.6 is 0 Å². The topological polar surface area (TPSA) is 12.4 Å². The predicted octanol–water partition coefficient (Wildman–Crippen LogP) is 2.54. The summed E-state index contributed by atoms with van der Waals surface area (Å²) in [4.78, 5) is 4.28. The second kappa shape index (κ2) is 2.94. The molecule has 60 valence electrons. The van der Waals surface area contributed by atoms with Gasteiger partial charge >= 0.3 is 0 Å². The summed E-state index contributed by atoms with van der Waals surface area (Å²) in [6, 6.07) is 10.7. The van der Waals surface area contributed by atoms with Crippen molar-refractivity contribution in [2.24, 2.45) is 4.99 Å². The Bertz CT molecular complexity index is 322. The maximum absolute atomic E-state index is 4.28. The number of hydrogen-bond donors (Lipinski definition) is 0. The van der Waals surface area contributed by atoms with Gasteiger partial charge in [0.2, 0.25) is 0 Å². The zero-order chi connectivity index (χ0) is 8.39. The Labute approximate surface area is 72.5 Å². The lowest BCUT2D eigenvalue weighted by Gasteiger charge is -1.96. The first-order valence-corrected chi connectivity index (χ1v) is 4.17. The molecule has 0 radical (unpaired) electrons. The molecular formula is C11H11N. The van der Waals surface area contributed by atoms with Gasteiger partial charge in [-0.15, -0.1) is 0 Å². The number of aliphatic imine (C=N–C) groups is 1. The molecule has 0 bridgehead atoms. The third-order valence-electron chi connectivity index (χ3n) is 1.98. The molecule has 1 heterocycles. The van der Waals surface area contributed by atoms with E-state index in [2.05, 4.69) is 30.1 Å². The van der Waals surface area contributed by atoms with Crippen molar-refractivity contribution in [1.29, 1.82) is 0 Å². The average Bonchev–Trinajstić information content (AvgIpc) is 2.54. The number of rotatable bonds is 1. The molecule has 0 amide bonds. The number of benzene rings is 1. The summed E-state index contributed by atoms with van der Waals surface area (Å²) in [6.07, 6.45) is 4.12. The first kappa shape index (κ1) is 7.29. The van der Waals surface area contributed by atoms with Crippen LogP contribution in [0.25, 0.3) is 5.57 Å². The molecule has 2 rings (SSSR count). The molecule has 0 spiro atoms. The molecule has 0 saturated carbocycles. The van der Waals surface area contributed by atoms with E-state index in [1.165, 1.54) is 11.1 Å². The molecule has 12 heavy (non-hydrogen) atoms. The van der Waals surface area contributed by atoms with Crippen LogP contribution in [0.3, 0.4) is 0 Å². The average molecular weight is 157 g/mol. The first-order valence-electron chi connectivity index (χ1n) is 4.17. The Morgan fingerprint density at radius 2 is 1.92 bits per heavy atom. The number of hydrogen-bond acceptors (Lipinski definition) is 1. The maximum atomic E-state index is 4.28. The second-order valence-corrected chi connectivity index (χ2v) is 3.01. The molecule has 0 fully saturated rings. The minimum absolute atomic E-state index is 0.347. The molecule has 1 aliphatic rings. The highest BCUT2D eigenvalue weighted by molar-refractivity contribution is 6.11. The molecule has 1 aliphatic heterocycles. The quantitative estimate of drug-likeness (QED) is 0.594. The van der Waals surface area contributed by atoms with Crippen LogP contribution in [0.1, 0.15) is 12.5 Å². The highest BCUT2D eigenvalue weighted by Gasteiger charge is 2.06. The van der Waals surface area contributed by atoms with Gasteiger partial charge in [0.1, 0.15) is 0 Å². The van der Waals surface area contributed by atoms with E-state index in [1.54, 1.807) is 0 Å². The SMILES string of the molecule is CC1C=C(c2ccccc2)C=N1. The highest BCUT2D eigenvalue weighted by Crippen LogP contribution is 2.17. The van der Waals surface area contributed by atoms with Crippen LogP contribution in [-0.4, -0.2) is 12.3 Å². The van der Waals surface area contributed by atoms with Crippen molar-refractivity contribution in [1.82, 2.24) is 0 Å². The zero-order valence-corrected chi connectivity index (χ0v) is 7.07. The van der Waals surface area contributed by atoms with Crippen LogP contribution in [0.2, 0.25) is 0 Å². The Kier molecular flexibility index (Phi) is 1.78. The van der Waals surface area contributed by atoms with E-state index in [-0.39, 0.29) is 0 Å². The van der Waals surface area contributed by atoms with Gasteiger partial charge in [-0.05, 0) is 18.1 Å². The molecule has 1 atom stereocenters. The van der Waals surface area contributed by atoms with Crippen molar-refractivity contribution in [2.75, 3.05) is 0 Å². The lowest BCUT2D eigenvalue weighted by Crippen LogP contribution is -1.84. The summed E-state index contributed by atoms with van der Waals surface area (Å²) in [7, 11) is 0. The van der Waals surface area contributed by atoms with Crippen molar-refractivity contribution >= 4 is 11.8 Å². The van der Waals surface area contributed by atoms with E-state index >= 15 is 0 Å². The smallest absolute Gasteiger partial charge is 0.0661 e. The molecule has 0 aliphatic carbocycles. The van der Waals surface area contributed by atoms with Gasteiger partial charge in [0.25, 0.3) is 0 Å². The summed E-state index contributed by atoms with van der Waals surface area (Å²) < 4.78 is 0. The van der Waals surface area contributed by atoms with Gasteiger partial charge in [0.15, 0.2) is 0 Å². The Balaban J connectivity index is 2.34. The normalized spacial score (nSPS) is 21.1. The van der Waals surface area contributed by atoms with Gasteiger partial charge in [-0.2, -0.15) is 0 Å². The molecular weight excluding hydrogens is 146 g/mol. The van der Waals surface area contributed by atoms with Gasteiger partial charge in [0.05, 0.1) is 6.04 Å². The Morgan fingerprint density at radius 3 is 2.50 bits per heavy atom.